The Kier molecular flexibility index (Phi) is 6.78. The summed E-state index contributed by atoms with van der Waals surface area (Å²) in [5.41, 5.74) is 1.10. The minimum absolute atomic E-state index is 0.0962. The first kappa shape index (κ1) is 19.0. The van der Waals surface area contributed by atoms with Gasteiger partial charge in [0.1, 0.15) is 0 Å². The molecule has 0 N–H and O–H groups in total. The maximum absolute atomic E-state index is 12.5. The molecule has 2 heterocycles. The Bertz CT molecular complexity index is 621. The predicted molar refractivity (Wildman–Crippen MR) is 105 cm³/mol. The molecule has 2 fully saturated rings. The average Bonchev–Trinajstić information content (AvgIpc) is 2.95. The lowest BCUT2D eigenvalue weighted by Gasteiger charge is -2.36. The summed E-state index contributed by atoms with van der Waals surface area (Å²) in [5, 5.41) is 0.730. The Morgan fingerprint density at radius 3 is 1.96 bits per heavy atom. The molecule has 142 valence electrons. The highest BCUT2D eigenvalue weighted by atomic mass is 35.5. The number of hydrogen-bond acceptors (Lipinski definition) is 3. The summed E-state index contributed by atoms with van der Waals surface area (Å²) < 4.78 is 0. The summed E-state index contributed by atoms with van der Waals surface area (Å²) >= 11 is 6.06. The molecule has 0 atom stereocenters. The van der Waals surface area contributed by atoms with Crippen molar-refractivity contribution in [2.24, 2.45) is 0 Å². The van der Waals surface area contributed by atoms with E-state index < -0.39 is 0 Å². The van der Waals surface area contributed by atoms with E-state index in [0.717, 1.165) is 49.7 Å². The fourth-order valence-corrected chi connectivity index (χ4v) is 3.92. The van der Waals surface area contributed by atoms with Crippen molar-refractivity contribution in [3.63, 3.8) is 0 Å². The van der Waals surface area contributed by atoms with E-state index >= 15 is 0 Å². The highest BCUT2D eigenvalue weighted by molar-refractivity contribution is 6.30. The number of carbonyl (C=O) groups is 2. The number of halogens is 1. The smallest absolute Gasteiger partial charge is 0.223 e. The molecule has 2 aliphatic rings. The molecule has 5 nitrogen and oxygen atoms in total. The van der Waals surface area contributed by atoms with Crippen molar-refractivity contribution in [2.75, 3.05) is 44.2 Å². The van der Waals surface area contributed by atoms with Crippen LogP contribution in [-0.4, -0.2) is 60.9 Å². The number of likely N-dealkylation sites (tertiary alicyclic amines) is 1. The number of nitrogens with zero attached hydrogens (tertiary/aromatic N) is 3. The molecule has 0 aliphatic carbocycles. The van der Waals surface area contributed by atoms with Gasteiger partial charge in [-0.3, -0.25) is 9.59 Å². The van der Waals surface area contributed by atoms with E-state index in [2.05, 4.69) is 4.90 Å². The Hall–Kier alpha value is -1.75. The first-order valence-electron chi connectivity index (χ1n) is 9.69. The van der Waals surface area contributed by atoms with E-state index in [9.17, 15) is 9.59 Å². The molecule has 2 amide bonds. The highest BCUT2D eigenvalue weighted by Gasteiger charge is 2.23. The number of carbonyl (C=O) groups excluding carboxylic acids is 2. The Morgan fingerprint density at radius 2 is 1.38 bits per heavy atom. The van der Waals surface area contributed by atoms with Crippen LogP contribution in [0.25, 0.3) is 0 Å². The fourth-order valence-electron chi connectivity index (χ4n) is 3.74. The third kappa shape index (κ3) is 5.13. The lowest BCUT2D eigenvalue weighted by Crippen LogP contribution is -2.49. The molecule has 0 bridgehead atoms. The van der Waals surface area contributed by atoms with Crippen LogP contribution in [0, 0.1) is 0 Å². The zero-order valence-electron chi connectivity index (χ0n) is 15.3. The SMILES string of the molecule is O=C(CCC(=O)N1CCN(c2cccc(Cl)c2)CC1)N1CCCCCC1. The number of anilines is 1. The van der Waals surface area contributed by atoms with Crippen LogP contribution in [0.1, 0.15) is 38.5 Å². The second-order valence-electron chi connectivity index (χ2n) is 7.14. The molecule has 0 unspecified atom stereocenters. The largest absolute Gasteiger partial charge is 0.368 e. The summed E-state index contributed by atoms with van der Waals surface area (Å²) in [6, 6.07) is 7.82. The number of amides is 2. The second-order valence-corrected chi connectivity index (χ2v) is 7.58. The predicted octanol–water partition coefficient (Wildman–Crippen LogP) is 3.17. The molecule has 2 aliphatic heterocycles. The molecule has 0 spiro atoms. The highest BCUT2D eigenvalue weighted by Crippen LogP contribution is 2.21. The molecule has 1 aromatic carbocycles. The van der Waals surface area contributed by atoms with Gasteiger partial charge in [-0.2, -0.15) is 0 Å². The number of benzene rings is 1. The van der Waals surface area contributed by atoms with Gasteiger partial charge in [0, 0.05) is 62.8 Å². The number of piperazine rings is 1. The van der Waals surface area contributed by atoms with Crippen molar-refractivity contribution < 1.29 is 9.59 Å². The first-order valence-corrected chi connectivity index (χ1v) is 10.1. The standard InChI is InChI=1S/C20H28ClN3O2/c21-17-6-5-7-18(16-17)22-12-14-24(15-13-22)20(26)9-8-19(25)23-10-3-1-2-4-11-23/h5-7,16H,1-4,8-15H2. The minimum atomic E-state index is 0.0962. The van der Waals surface area contributed by atoms with Crippen LogP contribution in [0.15, 0.2) is 24.3 Å². The summed E-state index contributed by atoms with van der Waals surface area (Å²) in [6.45, 7) is 4.70. The van der Waals surface area contributed by atoms with E-state index in [1.54, 1.807) is 0 Å². The number of hydrogen-bond donors (Lipinski definition) is 0. The monoisotopic (exact) mass is 377 g/mol. The molecule has 1 aromatic rings. The molecule has 0 saturated carbocycles. The van der Waals surface area contributed by atoms with Gasteiger partial charge in [0.2, 0.25) is 11.8 Å². The quantitative estimate of drug-likeness (QED) is 0.809. The van der Waals surface area contributed by atoms with E-state index in [1.165, 1.54) is 12.8 Å². The van der Waals surface area contributed by atoms with Gasteiger partial charge in [-0.05, 0) is 31.0 Å². The minimum Gasteiger partial charge on any atom is -0.368 e. The summed E-state index contributed by atoms with van der Waals surface area (Å²) in [7, 11) is 0. The molecular formula is C20H28ClN3O2. The molecular weight excluding hydrogens is 350 g/mol. The maximum atomic E-state index is 12.5. The van der Waals surface area contributed by atoms with Crippen molar-refractivity contribution in [3.05, 3.63) is 29.3 Å². The molecule has 2 saturated heterocycles. The zero-order valence-corrected chi connectivity index (χ0v) is 16.1. The van der Waals surface area contributed by atoms with Gasteiger partial charge in [-0.1, -0.05) is 30.5 Å². The average molecular weight is 378 g/mol. The van der Waals surface area contributed by atoms with Crippen LogP contribution in [0.2, 0.25) is 5.02 Å². The van der Waals surface area contributed by atoms with Crippen molar-refractivity contribution in [1.82, 2.24) is 9.80 Å². The van der Waals surface area contributed by atoms with Crippen LogP contribution in [-0.2, 0) is 9.59 Å². The van der Waals surface area contributed by atoms with E-state index in [1.807, 2.05) is 34.1 Å². The Labute approximate surface area is 160 Å². The van der Waals surface area contributed by atoms with Crippen molar-refractivity contribution in [1.29, 1.82) is 0 Å². The third-order valence-corrected chi connectivity index (χ3v) is 5.55. The van der Waals surface area contributed by atoms with Crippen molar-refractivity contribution in [3.8, 4) is 0 Å². The Morgan fingerprint density at radius 1 is 0.808 bits per heavy atom. The fraction of sp³-hybridized carbons (Fsp3) is 0.600. The Balaban J connectivity index is 1.42. The second kappa shape index (κ2) is 9.26. The van der Waals surface area contributed by atoms with Crippen molar-refractivity contribution >= 4 is 29.1 Å². The molecule has 0 radical (unpaired) electrons. The van der Waals surface area contributed by atoms with Crippen LogP contribution in [0.4, 0.5) is 5.69 Å². The molecule has 3 rings (SSSR count). The van der Waals surface area contributed by atoms with Gasteiger partial charge in [0.05, 0.1) is 0 Å². The van der Waals surface area contributed by atoms with Gasteiger partial charge in [0.15, 0.2) is 0 Å². The van der Waals surface area contributed by atoms with Gasteiger partial charge < -0.3 is 14.7 Å². The summed E-state index contributed by atoms with van der Waals surface area (Å²) in [5.74, 6) is 0.233. The molecule has 0 aromatic heterocycles. The maximum Gasteiger partial charge on any atom is 0.223 e. The van der Waals surface area contributed by atoms with Gasteiger partial charge in [-0.25, -0.2) is 0 Å². The lowest BCUT2D eigenvalue weighted by molar-refractivity contribution is -0.137. The summed E-state index contributed by atoms with van der Waals surface area (Å²) in [4.78, 5) is 30.9. The molecule has 6 heteroatoms. The topological polar surface area (TPSA) is 43.9 Å². The third-order valence-electron chi connectivity index (χ3n) is 5.32. The van der Waals surface area contributed by atoms with E-state index in [0.29, 0.717) is 25.9 Å². The normalized spacial score (nSPS) is 18.6. The number of rotatable bonds is 4. The van der Waals surface area contributed by atoms with Crippen LogP contribution in [0.3, 0.4) is 0 Å². The van der Waals surface area contributed by atoms with E-state index in [-0.39, 0.29) is 11.8 Å². The van der Waals surface area contributed by atoms with Crippen molar-refractivity contribution in [2.45, 2.75) is 38.5 Å². The summed E-state index contributed by atoms with van der Waals surface area (Å²) in [6.07, 6.45) is 5.26. The van der Waals surface area contributed by atoms with Gasteiger partial charge >= 0.3 is 0 Å². The lowest BCUT2D eigenvalue weighted by atomic mass is 10.2. The molecule has 26 heavy (non-hydrogen) atoms. The first-order chi connectivity index (χ1) is 12.6. The zero-order chi connectivity index (χ0) is 18.4. The van der Waals surface area contributed by atoms with Gasteiger partial charge in [0.25, 0.3) is 0 Å². The van der Waals surface area contributed by atoms with Crippen LogP contribution < -0.4 is 4.90 Å². The van der Waals surface area contributed by atoms with Crippen LogP contribution in [0.5, 0.6) is 0 Å². The van der Waals surface area contributed by atoms with E-state index in [4.69, 9.17) is 11.6 Å². The van der Waals surface area contributed by atoms with Crippen LogP contribution >= 0.6 is 11.6 Å². The van der Waals surface area contributed by atoms with Gasteiger partial charge in [-0.15, -0.1) is 0 Å².